The molecule has 8 heteroatoms. The molecular weight excluding hydrogens is 500 g/mol. The second-order valence-corrected chi connectivity index (χ2v) is 12.7. The van der Waals surface area contributed by atoms with E-state index in [1.165, 1.54) is 5.57 Å². The number of allylic oxidation sites excluding steroid dienone is 4. The normalized spacial score (nSPS) is 41.0. The standard InChI is InChI=1S/C31H50O8/c1-9-18(3)28(36)39-27-22(38-29-26(35)25(34)24(33)20(5)37-29)16-31(8)21(12-10-17(2)14-15-32)19(4)11-13-23(31)30(27,6)7/h9,11,14,20-27,29,32-35H,10,12-13,15-16H2,1-8H3/b17-14+,18-9-/t20-,21-,22+,23-,24+,25+,26-,27-,29+,31+/m1/s1. The molecule has 10 atom stereocenters. The summed E-state index contributed by atoms with van der Waals surface area (Å²) in [6.07, 6.45) is 1.78. The van der Waals surface area contributed by atoms with Crippen LogP contribution in [0.5, 0.6) is 0 Å². The zero-order chi connectivity index (χ0) is 29.3. The van der Waals surface area contributed by atoms with Crippen molar-refractivity contribution in [2.75, 3.05) is 6.61 Å². The fraction of sp³-hybridized carbons (Fsp3) is 0.774. The number of rotatable bonds is 8. The fourth-order valence-electron chi connectivity index (χ4n) is 7.29. The van der Waals surface area contributed by atoms with E-state index < -0.39 is 54.3 Å². The number of carbonyl (C=O) groups excluding carboxylic acids is 1. The topological polar surface area (TPSA) is 126 Å². The molecule has 1 heterocycles. The summed E-state index contributed by atoms with van der Waals surface area (Å²) in [6.45, 7) is 15.9. The van der Waals surface area contributed by atoms with E-state index >= 15 is 0 Å². The van der Waals surface area contributed by atoms with Crippen molar-refractivity contribution in [3.8, 4) is 0 Å². The maximum absolute atomic E-state index is 13.0. The van der Waals surface area contributed by atoms with E-state index in [-0.39, 0.29) is 23.9 Å². The van der Waals surface area contributed by atoms with Gasteiger partial charge >= 0.3 is 5.97 Å². The van der Waals surface area contributed by atoms with Gasteiger partial charge in [0.05, 0.1) is 18.8 Å². The first-order valence-electron chi connectivity index (χ1n) is 14.3. The predicted molar refractivity (Wildman–Crippen MR) is 148 cm³/mol. The lowest BCUT2D eigenvalue weighted by Gasteiger charge is -2.61. The quantitative estimate of drug-likeness (QED) is 0.204. The van der Waals surface area contributed by atoms with Crippen LogP contribution in [0.3, 0.4) is 0 Å². The van der Waals surface area contributed by atoms with Crippen molar-refractivity contribution >= 4 is 5.97 Å². The number of carbonyl (C=O) groups is 1. The van der Waals surface area contributed by atoms with Gasteiger partial charge in [-0.15, -0.1) is 0 Å². The smallest absolute Gasteiger partial charge is 0.333 e. The average molecular weight is 551 g/mol. The van der Waals surface area contributed by atoms with E-state index in [0.717, 1.165) is 24.8 Å². The molecule has 0 spiro atoms. The second-order valence-electron chi connectivity index (χ2n) is 12.7. The number of hydrogen-bond acceptors (Lipinski definition) is 8. The van der Waals surface area contributed by atoms with Crippen LogP contribution in [0.2, 0.25) is 0 Å². The van der Waals surface area contributed by atoms with Gasteiger partial charge in [0.2, 0.25) is 0 Å². The number of ether oxygens (including phenoxy) is 3. The Bertz CT molecular complexity index is 968. The largest absolute Gasteiger partial charge is 0.456 e. The lowest BCUT2D eigenvalue weighted by atomic mass is 9.46. The van der Waals surface area contributed by atoms with Crippen molar-refractivity contribution < 1.29 is 39.4 Å². The maximum atomic E-state index is 13.0. The molecule has 0 bridgehead atoms. The predicted octanol–water partition coefficient (Wildman–Crippen LogP) is 3.81. The van der Waals surface area contributed by atoms with Gasteiger partial charge in [-0.25, -0.2) is 4.79 Å². The molecule has 2 aliphatic carbocycles. The Morgan fingerprint density at radius 1 is 1.15 bits per heavy atom. The number of esters is 1. The Kier molecular flexibility index (Phi) is 10.3. The summed E-state index contributed by atoms with van der Waals surface area (Å²) in [6, 6.07) is 0. The van der Waals surface area contributed by atoms with Crippen molar-refractivity contribution in [1.29, 1.82) is 0 Å². The monoisotopic (exact) mass is 550 g/mol. The average Bonchev–Trinajstić information content (AvgIpc) is 2.87. The van der Waals surface area contributed by atoms with Crippen LogP contribution in [0, 0.1) is 22.7 Å². The van der Waals surface area contributed by atoms with Gasteiger partial charge in [0.1, 0.15) is 24.4 Å². The van der Waals surface area contributed by atoms with Crippen LogP contribution in [0.25, 0.3) is 0 Å². The first-order chi connectivity index (χ1) is 18.2. The summed E-state index contributed by atoms with van der Waals surface area (Å²) < 4.78 is 18.4. The summed E-state index contributed by atoms with van der Waals surface area (Å²) >= 11 is 0. The van der Waals surface area contributed by atoms with Crippen molar-refractivity contribution in [3.05, 3.63) is 34.9 Å². The Balaban J connectivity index is 2.01. The summed E-state index contributed by atoms with van der Waals surface area (Å²) in [5.41, 5.74) is 2.27. The highest BCUT2D eigenvalue weighted by Gasteiger charge is 2.61. The van der Waals surface area contributed by atoms with Gasteiger partial charge in [-0.2, -0.15) is 0 Å². The molecule has 1 saturated heterocycles. The van der Waals surface area contributed by atoms with Crippen LogP contribution in [0.15, 0.2) is 34.9 Å². The number of aliphatic hydroxyl groups excluding tert-OH is 4. The van der Waals surface area contributed by atoms with Crippen LogP contribution in [-0.4, -0.2) is 75.9 Å². The third-order valence-electron chi connectivity index (χ3n) is 9.80. The van der Waals surface area contributed by atoms with Gasteiger partial charge in [-0.1, -0.05) is 50.1 Å². The molecule has 3 aliphatic rings. The van der Waals surface area contributed by atoms with Crippen molar-refractivity contribution in [3.63, 3.8) is 0 Å². The van der Waals surface area contributed by atoms with E-state index in [2.05, 4.69) is 33.8 Å². The minimum Gasteiger partial charge on any atom is -0.456 e. The summed E-state index contributed by atoms with van der Waals surface area (Å²) in [5.74, 6) is 0.0135. The Labute approximate surface area is 233 Å². The fourth-order valence-corrected chi connectivity index (χ4v) is 7.29. The van der Waals surface area contributed by atoms with Gasteiger partial charge in [0.25, 0.3) is 0 Å². The molecule has 1 aliphatic heterocycles. The molecule has 0 unspecified atom stereocenters. The first kappa shape index (κ1) is 32.0. The molecule has 2 fully saturated rings. The van der Waals surface area contributed by atoms with E-state index in [1.807, 2.05) is 13.0 Å². The SMILES string of the molecule is C/C=C(/C)C(=O)O[C@@H]1[C@@H](O[C@@H]2O[C@H](C)[C@H](O)[C@H](O)[C@H]2O)C[C@@]2(C)[C@H](CC/C(C)=C/CO)C(C)=CC[C@@H]2C1(C)C. The van der Waals surface area contributed by atoms with E-state index in [1.54, 1.807) is 26.8 Å². The third-order valence-corrected chi connectivity index (χ3v) is 9.80. The molecule has 8 nitrogen and oxygen atoms in total. The van der Waals surface area contributed by atoms with Gasteiger partial charge < -0.3 is 34.6 Å². The minimum absolute atomic E-state index is 0.0233. The van der Waals surface area contributed by atoms with Gasteiger partial charge in [-0.05, 0) is 77.6 Å². The third kappa shape index (κ3) is 6.36. The molecule has 0 amide bonds. The molecular formula is C31H50O8. The molecule has 0 aromatic carbocycles. The van der Waals surface area contributed by atoms with Gasteiger partial charge in [-0.3, -0.25) is 0 Å². The minimum atomic E-state index is -1.45. The molecule has 3 rings (SSSR count). The van der Waals surface area contributed by atoms with Crippen LogP contribution in [0.4, 0.5) is 0 Å². The van der Waals surface area contributed by atoms with Crippen molar-refractivity contribution in [2.45, 2.75) is 124 Å². The Hall–Kier alpha value is -1.55. The number of aliphatic hydroxyl groups is 4. The van der Waals surface area contributed by atoms with E-state index in [4.69, 9.17) is 14.2 Å². The molecule has 4 N–H and O–H groups in total. The van der Waals surface area contributed by atoms with Crippen LogP contribution < -0.4 is 0 Å². The van der Waals surface area contributed by atoms with E-state index in [9.17, 15) is 25.2 Å². The lowest BCUT2D eigenvalue weighted by Crippen LogP contribution is -2.64. The van der Waals surface area contributed by atoms with Crippen molar-refractivity contribution in [1.82, 2.24) is 0 Å². The number of hydrogen-bond donors (Lipinski definition) is 4. The molecule has 0 radical (unpaired) electrons. The summed E-state index contributed by atoms with van der Waals surface area (Å²) in [5, 5.41) is 40.7. The Morgan fingerprint density at radius 3 is 2.44 bits per heavy atom. The Morgan fingerprint density at radius 2 is 1.82 bits per heavy atom. The maximum Gasteiger partial charge on any atom is 0.333 e. The van der Waals surface area contributed by atoms with Crippen LogP contribution >= 0.6 is 0 Å². The van der Waals surface area contributed by atoms with Crippen LogP contribution in [0.1, 0.15) is 81.1 Å². The zero-order valence-corrected chi connectivity index (χ0v) is 24.9. The highest BCUT2D eigenvalue weighted by molar-refractivity contribution is 5.87. The lowest BCUT2D eigenvalue weighted by molar-refractivity contribution is -0.325. The summed E-state index contributed by atoms with van der Waals surface area (Å²) in [7, 11) is 0. The summed E-state index contributed by atoms with van der Waals surface area (Å²) in [4.78, 5) is 13.0. The molecule has 39 heavy (non-hydrogen) atoms. The van der Waals surface area contributed by atoms with Gasteiger partial charge in [0, 0.05) is 11.0 Å². The van der Waals surface area contributed by atoms with E-state index in [0.29, 0.717) is 12.0 Å². The highest BCUT2D eigenvalue weighted by Crippen LogP contribution is 2.62. The van der Waals surface area contributed by atoms with Crippen molar-refractivity contribution in [2.24, 2.45) is 22.7 Å². The number of fused-ring (bicyclic) bond motifs is 1. The highest BCUT2D eigenvalue weighted by atomic mass is 16.7. The zero-order valence-electron chi connectivity index (χ0n) is 24.9. The van der Waals surface area contributed by atoms with Crippen LogP contribution in [-0.2, 0) is 19.0 Å². The molecule has 222 valence electrons. The first-order valence-corrected chi connectivity index (χ1v) is 14.3. The second kappa shape index (κ2) is 12.5. The molecule has 1 saturated carbocycles. The molecule has 0 aromatic heterocycles. The molecule has 0 aromatic rings. The van der Waals surface area contributed by atoms with Gasteiger partial charge in [0.15, 0.2) is 6.29 Å².